The molecule has 4 rings (SSSR count). The summed E-state index contributed by atoms with van der Waals surface area (Å²) < 4.78 is 11.3. The number of oxazole rings is 1. The quantitative estimate of drug-likeness (QED) is 0.488. The molecule has 140 valence electrons. The fourth-order valence-electron chi connectivity index (χ4n) is 2.84. The lowest BCUT2D eigenvalue weighted by Crippen LogP contribution is -2.20. The summed E-state index contributed by atoms with van der Waals surface area (Å²) in [6, 6.07) is 20.2. The molecule has 0 fully saturated rings. The lowest BCUT2D eigenvalue weighted by Gasteiger charge is -2.08. The summed E-state index contributed by atoms with van der Waals surface area (Å²) in [5.41, 5.74) is 3.97. The summed E-state index contributed by atoms with van der Waals surface area (Å²) in [6.45, 7) is 1.86. The molecule has 1 N–H and O–H groups in total. The third kappa shape index (κ3) is 3.85. The third-order valence-corrected chi connectivity index (χ3v) is 4.55. The van der Waals surface area contributed by atoms with Crippen LogP contribution >= 0.6 is 11.6 Å². The molecule has 0 bridgehead atoms. The van der Waals surface area contributed by atoms with Crippen molar-refractivity contribution < 1.29 is 13.9 Å². The molecule has 0 aliphatic carbocycles. The number of amides is 1. The van der Waals surface area contributed by atoms with Crippen LogP contribution in [0.25, 0.3) is 22.6 Å². The number of para-hydroxylation sites is 1. The molecule has 1 amide bonds. The van der Waals surface area contributed by atoms with Gasteiger partial charge < -0.3 is 14.5 Å². The monoisotopic (exact) mass is 392 g/mol. The van der Waals surface area contributed by atoms with Crippen molar-refractivity contribution in [1.82, 2.24) is 4.98 Å². The number of rotatable bonds is 5. The summed E-state index contributed by atoms with van der Waals surface area (Å²) >= 11 is 6.02. The Morgan fingerprint density at radius 1 is 1.11 bits per heavy atom. The molecule has 0 saturated carbocycles. The van der Waals surface area contributed by atoms with Gasteiger partial charge in [-0.15, -0.1) is 0 Å². The van der Waals surface area contributed by atoms with Crippen LogP contribution in [-0.2, 0) is 4.79 Å². The van der Waals surface area contributed by atoms with Crippen molar-refractivity contribution in [3.63, 3.8) is 0 Å². The highest BCUT2D eigenvalue weighted by Crippen LogP contribution is 2.28. The first-order valence-corrected chi connectivity index (χ1v) is 9.12. The van der Waals surface area contributed by atoms with E-state index < -0.39 is 0 Å². The maximum Gasteiger partial charge on any atom is 0.262 e. The highest BCUT2D eigenvalue weighted by molar-refractivity contribution is 6.32. The molecule has 0 aliphatic heterocycles. The van der Waals surface area contributed by atoms with Gasteiger partial charge in [-0.25, -0.2) is 4.98 Å². The predicted molar refractivity (Wildman–Crippen MR) is 110 cm³/mol. The number of ether oxygens (including phenoxy) is 1. The van der Waals surface area contributed by atoms with Gasteiger partial charge in [0, 0.05) is 11.3 Å². The number of carbonyl (C=O) groups excluding carboxylic acids is 1. The number of anilines is 1. The average Bonchev–Trinajstić information content (AvgIpc) is 3.11. The number of halogens is 1. The van der Waals surface area contributed by atoms with Crippen LogP contribution in [0.5, 0.6) is 5.75 Å². The van der Waals surface area contributed by atoms with E-state index in [9.17, 15) is 4.79 Å². The van der Waals surface area contributed by atoms with Gasteiger partial charge in [0.05, 0.1) is 5.02 Å². The van der Waals surface area contributed by atoms with E-state index >= 15 is 0 Å². The number of benzene rings is 3. The number of aryl methyl sites for hydroxylation is 1. The zero-order chi connectivity index (χ0) is 19.5. The Bertz CT molecular complexity index is 1150. The van der Waals surface area contributed by atoms with E-state index in [2.05, 4.69) is 10.3 Å². The minimum absolute atomic E-state index is 0.144. The van der Waals surface area contributed by atoms with Crippen molar-refractivity contribution >= 4 is 34.3 Å². The van der Waals surface area contributed by atoms with Crippen LogP contribution in [0.2, 0.25) is 5.02 Å². The van der Waals surface area contributed by atoms with E-state index in [1.54, 1.807) is 42.5 Å². The van der Waals surface area contributed by atoms with Gasteiger partial charge in [-0.1, -0.05) is 41.9 Å². The molecule has 0 saturated heterocycles. The highest BCUT2D eigenvalue weighted by Gasteiger charge is 2.12. The third-order valence-electron chi connectivity index (χ3n) is 4.24. The summed E-state index contributed by atoms with van der Waals surface area (Å²) in [7, 11) is 0. The van der Waals surface area contributed by atoms with Crippen LogP contribution < -0.4 is 10.1 Å². The SMILES string of the molecule is Cc1ccccc1-c1nc2cc(NC(=O)COc3ccccc3Cl)ccc2o1. The Morgan fingerprint density at radius 3 is 2.71 bits per heavy atom. The molecule has 0 radical (unpaired) electrons. The normalized spacial score (nSPS) is 10.8. The number of hydrogen-bond donors (Lipinski definition) is 1. The minimum atomic E-state index is -0.290. The molecule has 0 unspecified atom stereocenters. The van der Waals surface area contributed by atoms with Crippen LogP contribution in [0.3, 0.4) is 0 Å². The molecule has 28 heavy (non-hydrogen) atoms. The van der Waals surface area contributed by atoms with E-state index in [4.69, 9.17) is 20.8 Å². The van der Waals surface area contributed by atoms with E-state index in [-0.39, 0.29) is 12.5 Å². The number of hydrogen-bond acceptors (Lipinski definition) is 4. The number of carbonyl (C=O) groups is 1. The number of fused-ring (bicyclic) bond motifs is 1. The molecular weight excluding hydrogens is 376 g/mol. The van der Waals surface area contributed by atoms with E-state index in [1.807, 2.05) is 31.2 Å². The molecule has 4 aromatic rings. The molecule has 0 atom stereocenters. The lowest BCUT2D eigenvalue weighted by atomic mass is 10.1. The van der Waals surface area contributed by atoms with Crippen LogP contribution in [0.1, 0.15) is 5.56 Å². The van der Waals surface area contributed by atoms with Gasteiger partial charge in [-0.2, -0.15) is 0 Å². The first kappa shape index (κ1) is 18.1. The van der Waals surface area contributed by atoms with E-state index in [0.29, 0.717) is 33.4 Å². The predicted octanol–water partition coefficient (Wildman–Crippen LogP) is 5.47. The minimum Gasteiger partial charge on any atom is -0.482 e. The highest BCUT2D eigenvalue weighted by atomic mass is 35.5. The van der Waals surface area contributed by atoms with Gasteiger partial charge >= 0.3 is 0 Å². The zero-order valence-electron chi connectivity index (χ0n) is 15.1. The maximum atomic E-state index is 12.2. The second-order valence-electron chi connectivity index (χ2n) is 6.28. The summed E-state index contributed by atoms with van der Waals surface area (Å²) in [5, 5.41) is 3.26. The van der Waals surface area contributed by atoms with Crippen molar-refractivity contribution in [3.05, 3.63) is 77.3 Å². The molecule has 5 nitrogen and oxygen atoms in total. The molecule has 1 heterocycles. The van der Waals surface area contributed by atoms with Crippen LogP contribution in [0.15, 0.2) is 71.1 Å². The summed E-state index contributed by atoms with van der Waals surface area (Å²) in [4.78, 5) is 16.7. The van der Waals surface area contributed by atoms with Gasteiger partial charge in [0.25, 0.3) is 5.91 Å². The van der Waals surface area contributed by atoms with Crippen LogP contribution in [0.4, 0.5) is 5.69 Å². The van der Waals surface area contributed by atoms with Crippen molar-refractivity contribution in [2.45, 2.75) is 6.92 Å². The standard InChI is InChI=1S/C22H17ClN2O3/c1-14-6-2-3-7-16(14)22-25-18-12-15(10-11-20(18)28-22)24-21(26)13-27-19-9-5-4-8-17(19)23/h2-12H,13H2,1H3,(H,24,26). The first-order chi connectivity index (χ1) is 13.6. The van der Waals surface area contributed by atoms with Crippen molar-refractivity contribution in [2.75, 3.05) is 11.9 Å². The van der Waals surface area contributed by atoms with Gasteiger partial charge in [-0.3, -0.25) is 4.79 Å². The topological polar surface area (TPSA) is 64.4 Å². The Balaban J connectivity index is 1.48. The molecule has 0 spiro atoms. The van der Waals surface area contributed by atoms with E-state index in [1.165, 1.54) is 0 Å². The maximum absolute atomic E-state index is 12.2. The first-order valence-electron chi connectivity index (χ1n) is 8.74. The Labute approximate surface area is 166 Å². The smallest absolute Gasteiger partial charge is 0.262 e. The van der Waals surface area contributed by atoms with Crippen LogP contribution in [0, 0.1) is 6.92 Å². The fourth-order valence-corrected chi connectivity index (χ4v) is 3.03. The molecule has 1 aromatic heterocycles. The van der Waals surface area contributed by atoms with Gasteiger partial charge in [0.2, 0.25) is 5.89 Å². The molecule has 3 aromatic carbocycles. The second-order valence-corrected chi connectivity index (χ2v) is 6.69. The Kier molecular flexibility index (Phi) is 5.00. The second kappa shape index (κ2) is 7.74. The number of nitrogens with zero attached hydrogens (tertiary/aromatic N) is 1. The van der Waals surface area contributed by atoms with E-state index in [0.717, 1.165) is 11.1 Å². The molecular formula is C22H17ClN2O3. The van der Waals surface area contributed by atoms with Crippen molar-refractivity contribution in [3.8, 4) is 17.2 Å². The van der Waals surface area contributed by atoms with Crippen molar-refractivity contribution in [1.29, 1.82) is 0 Å². The Hall–Kier alpha value is -3.31. The zero-order valence-corrected chi connectivity index (χ0v) is 15.9. The van der Waals surface area contributed by atoms with Gasteiger partial charge in [0.15, 0.2) is 12.2 Å². The summed E-state index contributed by atoms with van der Waals surface area (Å²) in [5.74, 6) is 0.731. The lowest BCUT2D eigenvalue weighted by molar-refractivity contribution is -0.118. The molecule has 0 aliphatic rings. The van der Waals surface area contributed by atoms with Crippen LogP contribution in [-0.4, -0.2) is 17.5 Å². The number of aromatic nitrogens is 1. The summed E-state index contributed by atoms with van der Waals surface area (Å²) in [6.07, 6.45) is 0. The van der Waals surface area contributed by atoms with Crippen molar-refractivity contribution in [2.24, 2.45) is 0 Å². The van der Waals surface area contributed by atoms with Gasteiger partial charge in [0.1, 0.15) is 11.3 Å². The fraction of sp³-hybridized carbons (Fsp3) is 0.0909. The van der Waals surface area contributed by atoms with Gasteiger partial charge in [-0.05, 0) is 48.9 Å². The largest absolute Gasteiger partial charge is 0.482 e. The molecule has 6 heteroatoms. The average molecular weight is 393 g/mol. The Morgan fingerprint density at radius 2 is 1.89 bits per heavy atom. The number of nitrogens with one attached hydrogen (secondary N) is 1.